The Morgan fingerprint density at radius 1 is 1.14 bits per heavy atom. The quantitative estimate of drug-likeness (QED) is 0.192. The molecule has 1 aliphatic heterocycles. The van der Waals surface area contributed by atoms with Gasteiger partial charge in [-0.15, -0.1) is 0 Å². The first-order valence-electron chi connectivity index (χ1n) is 12.0. The summed E-state index contributed by atoms with van der Waals surface area (Å²) in [5.74, 6) is -3.01. The molecule has 194 valence electrons. The first-order chi connectivity index (χ1) is 16.6. The summed E-state index contributed by atoms with van der Waals surface area (Å²) in [6.07, 6.45) is 1.64. The minimum absolute atomic E-state index is 0.0370. The molecule has 0 radical (unpaired) electrons. The highest BCUT2D eigenvalue weighted by Crippen LogP contribution is 2.20. The monoisotopic (exact) mass is 491 g/mol. The third-order valence-corrected chi connectivity index (χ3v) is 6.08. The van der Waals surface area contributed by atoms with Crippen molar-refractivity contribution in [1.29, 1.82) is 0 Å². The number of carbonyl (C=O) groups is 4. The summed E-state index contributed by atoms with van der Waals surface area (Å²) in [5, 5.41) is 24.6. The normalized spacial score (nSPS) is 18.9. The molecule has 0 aromatic heterocycles. The van der Waals surface area contributed by atoms with E-state index in [1.807, 2.05) is 0 Å². The van der Waals surface area contributed by atoms with Gasteiger partial charge in [-0.3, -0.25) is 14.4 Å². The fourth-order valence-electron chi connectivity index (χ4n) is 4.11. The lowest BCUT2D eigenvalue weighted by Gasteiger charge is -2.29. The molecule has 8 N–H and O–H groups in total. The van der Waals surface area contributed by atoms with Crippen molar-refractivity contribution in [2.45, 2.75) is 75.7 Å². The number of aliphatic hydroxyl groups is 1. The predicted octanol–water partition coefficient (Wildman–Crippen LogP) is -0.889. The van der Waals surface area contributed by atoms with Crippen molar-refractivity contribution < 1.29 is 29.4 Å². The van der Waals surface area contributed by atoms with E-state index in [0.29, 0.717) is 44.3 Å². The minimum Gasteiger partial charge on any atom is -0.480 e. The van der Waals surface area contributed by atoms with E-state index in [2.05, 4.69) is 10.6 Å². The number of rotatable bonds is 13. The predicted molar refractivity (Wildman–Crippen MR) is 129 cm³/mol. The fourth-order valence-corrected chi connectivity index (χ4v) is 4.11. The van der Waals surface area contributed by atoms with Gasteiger partial charge in [0, 0.05) is 13.0 Å². The first kappa shape index (κ1) is 28.2. The summed E-state index contributed by atoms with van der Waals surface area (Å²) in [4.78, 5) is 51.8. The van der Waals surface area contributed by atoms with Crippen LogP contribution in [-0.2, 0) is 25.6 Å². The molecule has 1 aromatic rings. The number of likely N-dealkylation sites (tertiary alicyclic amines) is 1. The number of hydrogen-bond acceptors (Lipinski definition) is 7. The van der Waals surface area contributed by atoms with Crippen LogP contribution in [0.3, 0.4) is 0 Å². The van der Waals surface area contributed by atoms with Gasteiger partial charge in [0.1, 0.15) is 18.1 Å². The van der Waals surface area contributed by atoms with Gasteiger partial charge < -0.3 is 37.2 Å². The lowest BCUT2D eigenvalue weighted by molar-refractivity contribution is -0.144. The van der Waals surface area contributed by atoms with E-state index >= 15 is 0 Å². The van der Waals surface area contributed by atoms with Gasteiger partial charge in [0.25, 0.3) is 0 Å². The highest BCUT2D eigenvalue weighted by molar-refractivity contribution is 5.94. The number of amides is 3. The Morgan fingerprint density at radius 3 is 2.43 bits per heavy atom. The smallest absolute Gasteiger partial charge is 0.326 e. The van der Waals surface area contributed by atoms with Gasteiger partial charge in [0.15, 0.2) is 0 Å². The standard InChI is InChI=1S/C24H37N5O6/c1-15(30)20(22(32)27-18(24(34)35)14-16-8-3-2-4-9-16)28-21(31)19-11-7-13-29(19)23(33)17(26)10-5-6-12-25/h2-4,8-9,15,17-20,30H,5-7,10-14,25-26H2,1H3,(H,27,32)(H,28,31)(H,34,35). The Kier molecular flexibility index (Phi) is 11.1. The zero-order chi connectivity index (χ0) is 26.0. The van der Waals surface area contributed by atoms with Crippen LogP contribution in [0.2, 0.25) is 0 Å². The summed E-state index contributed by atoms with van der Waals surface area (Å²) in [6, 6.07) is 4.57. The van der Waals surface area contributed by atoms with Crippen LogP contribution < -0.4 is 22.1 Å². The lowest BCUT2D eigenvalue weighted by atomic mass is 10.0. The molecule has 1 aromatic carbocycles. The average molecular weight is 492 g/mol. The summed E-state index contributed by atoms with van der Waals surface area (Å²) in [7, 11) is 0. The van der Waals surface area contributed by atoms with Gasteiger partial charge in [-0.2, -0.15) is 0 Å². The number of carboxylic acids is 1. The van der Waals surface area contributed by atoms with E-state index in [1.54, 1.807) is 30.3 Å². The van der Waals surface area contributed by atoms with Gasteiger partial charge in [-0.05, 0) is 44.7 Å². The summed E-state index contributed by atoms with van der Waals surface area (Å²) in [5.41, 5.74) is 12.2. The molecule has 2 rings (SSSR count). The summed E-state index contributed by atoms with van der Waals surface area (Å²) < 4.78 is 0. The van der Waals surface area contributed by atoms with Crippen LogP contribution >= 0.6 is 0 Å². The number of nitrogens with zero attached hydrogens (tertiary/aromatic N) is 1. The van der Waals surface area contributed by atoms with Crippen molar-refractivity contribution in [3.8, 4) is 0 Å². The summed E-state index contributed by atoms with van der Waals surface area (Å²) >= 11 is 0. The van der Waals surface area contributed by atoms with Crippen LogP contribution in [0.15, 0.2) is 30.3 Å². The van der Waals surface area contributed by atoms with Crippen LogP contribution in [0.4, 0.5) is 0 Å². The maximum atomic E-state index is 13.0. The zero-order valence-electron chi connectivity index (χ0n) is 20.1. The van der Waals surface area contributed by atoms with Crippen molar-refractivity contribution in [3.63, 3.8) is 0 Å². The number of nitrogens with one attached hydrogen (secondary N) is 2. The molecule has 0 saturated carbocycles. The highest BCUT2D eigenvalue weighted by atomic mass is 16.4. The number of benzene rings is 1. The molecule has 11 nitrogen and oxygen atoms in total. The third-order valence-electron chi connectivity index (χ3n) is 6.08. The zero-order valence-corrected chi connectivity index (χ0v) is 20.1. The van der Waals surface area contributed by atoms with Crippen molar-refractivity contribution in [2.75, 3.05) is 13.1 Å². The van der Waals surface area contributed by atoms with E-state index in [-0.39, 0.29) is 12.3 Å². The number of hydrogen-bond donors (Lipinski definition) is 6. The molecule has 1 aliphatic rings. The maximum absolute atomic E-state index is 13.0. The molecule has 11 heteroatoms. The van der Waals surface area contributed by atoms with Crippen LogP contribution in [0, 0.1) is 0 Å². The van der Waals surface area contributed by atoms with E-state index < -0.39 is 48.1 Å². The topological polar surface area (TPSA) is 188 Å². The Bertz CT molecular complexity index is 865. The number of carboxylic acid groups (broad SMARTS) is 1. The highest BCUT2D eigenvalue weighted by Gasteiger charge is 2.38. The van der Waals surface area contributed by atoms with Gasteiger partial charge in [-0.25, -0.2) is 4.79 Å². The Hall–Kier alpha value is -3.02. The first-order valence-corrected chi connectivity index (χ1v) is 12.0. The molecule has 1 heterocycles. The van der Waals surface area contributed by atoms with Crippen molar-refractivity contribution >= 4 is 23.7 Å². The van der Waals surface area contributed by atoms with Crippen molar-refractivity contribution in [1.82, 2.24) is 15.5 Å². The van der Waals surface area contributed by atoms with Crippen LogP contribution in [0.1, 0.15) is 44.6 Å². The second-order valence-corrected chi connectivity index (χ2v) is 8.90. The molecule has 0 spiro atoms. The van der Waals surface area contributed by atoms with Gasteiger partial charge >= 0.3 is 5.97 Å². The van der Waals surface area contributed by atoms with E-state index in [9.17, 15) is 29.4 Å². The molecule has 35 heavy (non-hydrogen) atoms. The molecule has 1 fully saturated rings. The molecule has 3 amide bonds. The van der Waals surface area contributed by atoms with E-state index in [4.69, 9.17) is 11.5 Å². The van der Waals surface area contributed by atoms with E-state index in [0.717, 1.165) is 6.42 Å². The van der Waals surface area contributed by atoms with Crippen molar-refractivity contribution in [3.05, 3.63) is 35.9 Å². The SMILES string of the molecule is CC(O)C(NC(=O)C1CCCN1C(=O)C(N)CCCCN)C(=O)NC(Cc1ccccc1)C(=O)O. The second-order valence-electron chi connectivity index (χ2n) is 8.90. The number of aliphatic carboxylic acids is 1. The van der Waals surface area contributed by atoms with Crippen LogP contribution in [0.5, 0.6) is 0 Å². The minimum atomic E-state index is -1.39. The molecule has 5 unspecified atom stereocenters. The third kappa shape index (κ3) is 8.30. The van der Waals surface area contributed by atoms with Crippen molar-refractivity contribution in [2.24, 2.45) is 11.5 Å². The Morgan fingerprint density at radius 2 is 1.83 bits per heavy atom. The number of unbranched alkanes of at least 4 members (excludes halogenated alkanes) is 1. The maximum Gasteiger partial charge on any atom is 0.326 e. The molecule has 1 saturated heterocycles. The number of aliphatic hydroxyl groups excluding tert-OH is 1. The molecule has 0 aliphatic carbocycles. The average Bonchev–Trinajstić information content (AvgIpc) is 3.32. The second kappa shape index (κ2) is 13.8. The van der Waals surface area contributed by atoms with Gasteiger partial charge in [0.05, 0.1) is 12.1 Å². The van der Waals surface area contributed by atoms with Crippen LogP contribution in [-0.4, -0.2) is 82.2 Å². The number of carbonyl (C=O) groups excluding carboxylic acids is 3. The van der Waals surface area contributed by atoms with Crippen LogP contribution in [0.25, 0.3) is 0 Å². The van der Waals surface area contributed by atoms with E-state index in [1.165, 1.54) is 11.8 Å². The lowest BCUT2D eigenvalue weighted by Crippen LogP contribution is -2.59. The molecule has 5 atom stereocenters. The number of nitrogens with two attached hydrogens (primary N) is 2. The molecule has 0 bridgehead atoms. The van der Waals surface area contributed by atoms with Gasteiger partial charge in [0.2, 0.25) is 17.7 Å². The Labute approximate surface area is 205 Å². The largest absolute Gasteiger partial charge is 0.480 e. The Balaban J connectivity index is 2.04. The fraction of sp³-hybridized carbons (Fsp3) is 0.583. The summed E-state index contributed by atoms with van der Waals surface area (Å²) in [6.45, 7) is 2.19. The van der Waals surface area contributed by atoms with Gasteiger partial charge in [-0.1, -0.05) is 36.8 Å². The molecular weight excluding hydrogens is 454 g/mol. The molecular formula is C24H37N5O6.